The fourth-order valence-electron chi connectivity index (χ4n) is 3.74. The van der Waals surface area contributed by atoms with E-state index in [9.17, 15) is 9.59 Å². The Morgan fingerprint density at radius 2 is 1.79 bits per heavy atom. The number of nitrogens with zero attached hydrogens (tertiary/aromatic N) is 4. The second-order valence-corrected chi connectivity index (χ2v) is 7.08. The lowest BCUT2D eigenvalue weighted by molar-refractivity contribution is -0.132. The smallest absolute Gasteiger partial charge is 0.223 e. The van der Waals surface area contributed by atoms with E-state index < -0.39 is 0 Å². The SMILES string of the molecule is O=C(CCC(=O)N1CCc2c(ncnc2N2CCOCC2)C1)c1ccccc1. The number of ketones is 1. The second kappa shape index (κ2) is 8.48. The molecule has 2 aliphatic heterocycles. The first kappa shape index (κ1) is 18.6. The van der Waals surface area contributed by atoms with Crippen LogP contribution in [0.1, 0.15) is 34.5 Å². The first-order chi connectivity index (χ1) is 13.7. The fraction of sp³-hybridized carbons (Fsp3) is 0.429. The van der Waals surface area contributed by atoms with Crippen molar-refractivity contribution in [1.29, 1.82) is 0 Å². The summed E-state index contributed by atoms with van der Waals surface area (Å²) in [5.41, 5.74) is 2.70. The third-order valence-corrected chi connectivity index (χ3v) is 5.31. The molecule has 0 aliphatic carbocycles. The lowest BCUT2D eigenvalue weighted by atomic mass is 10.0. The molecule has 2 aromatic rings. The Morgan fingerprint density at radius 3 is 2.57 bits per heavy atom. The van der Waals surface area contributed by atoms with Crippen molar-refractivity contribution in [3.8, 4) is 0 Å². The number of hydrogen-bond acceptors (Lipinski definition) is 6. The van der Waals surface area contributed by atoms with Gasteiger partial charge in [-0.1, -0.05) is 30.3 Å². The summed E-state index contributed by atoms with van der Waals surface area (Å²) in [6.45, 7) is 4.18. The minimum atomic E-state index is 0.00136. The molecule has 0 spiro atoms. The lowest BCUT2D eigenvalue weighted by Gasteiger charge is -2.33. The largest absolute Gasteiger partial charge is 0.378 e. The number of anilines is 1. The number of morpholine rings is 1. The van der Waals surface area contributed by atoms with Crippen LogP contribution in [-0.2, 0) is 22.5 Å². The Balaban J connectivity index is 1.38. The number of rotatable bonds is 5. The fourth-order valence-corrected chi connectivity index (χ4v) is 3.74. The number of amides is 1. The van der Waals surface area contributed by atoms with Crippen molar-refractivity contribution in [3.05, 3.63) is 53.5 Å². The van der Waals surface area contributed by atoms with Crippen molar-refractivity contribution in [2.75, 3.05) is 37.7 Å². The predicted octanol–water partition coefficient (Wildman–Crippen LogP) is 1.86. The van der Waals surface area contributed by atoms with Crippen molar-refractivity contribution in [2.45, 2.75) is 25.8 Å². The minimum Gasteiger partial charge on any atom is -0.378 e. The van der Waals surface area contributed by atoms with E-state index in [4.69, 9.17) is 4.74 Å². The topological polar surface area (TPSA) is 75.6 Å². The van der Waals surface area contributed by atoms with Crippen LogP contribution < -0.4 is 4.90 Å². The first-order valence-corrected chi connectivity index (χ1v) is 9.74. The quantitative estimate of drug-likeness (QED) is 0.737. The van der Waals surface area contributed by atoms with Gasteiger partial charge in [0, 0.05) is 43.6 Å². The summed E-state index contributed by atoms with van der Waals surface area (Å²) in [6, 6.07) is 9.12. The molecule has 7 heteroatoms. The maximum Gasteiger partial charge on any atom is 0.223 e. The molecular weight excluding hydrogens is 356 g/mol. The molecule has 0 atom stereocenters. The van der Waals surface area contributed by atoms with Crippen molar-refractivity contribution in [1.82, 2.24) is 14.9 Å². The summed E-state index contributed by atoms with van der Waals surface area (Å²) in [7, 11) is 0. The Hall–Kier alpha value is -2.80. The molecule has 1 amide bonds. The van der Waals surface area contributed by atoms with Crippen LogP contribution in [0, 0.1) is 0 Å². The molecule has 1 saturated heterocycles. The van der Waals surface area contributed by atoms with E-state index in [1.165, 1.54) is 0 Å². The normalized spacial score (nSPS) is 16.6. The highest BCUT2D eigenvalue weighted by Crippen LogP contribution is 2.26. The van der Waals surface area contributed by atoms with Crippen LogP contribution in [0.25, 0.3) is 0 Å². The number of Topliss-reactive ketones (excluding diaryl/α,β-unsaturated/α-hetero) is 1. The molecule has 146 valence electrons. The molecular formula is C21H24N4O3. The van der Waals surface area contributed by atoms with Gasteiger partial charge in [-0.2, -0.15) is 0 Å². The van der Waals surface area contributed by atoms with Gasteiger partial charge in [0.15, 0.2) is 5.78 Å². The van der Waals surface area contributed by atoms with Crippen LogP contribution in [0.15, 0.2) is 36.7 Å². The number of aromatic nitrogens is 2. The second-order valence-electron chi connectivity index (χ2n) is 7.08. The molecule has 3 heterocycles. The van der Waals surface area contributed by atoms with Crippen molar-refractivity contribution < 1.29 is 14.3 Å². The van der Waals surface area contributed by atoms with Gasteiger partial charge in [-0.25, -0.2) is 9.97 Å². The zero-order valence-electron chi connectivity index (χ0n) is 15.8. The zero-order chi connectivity index (χ0) is 19.3. The van der Waals surface area contributed by atoms with Crippen molar-refractivity contribution >= 4 is 17.5 Å². The van der Waals surface area contributed by atoms with E-state index in [1.54, 1.807) is 23.4 Å². The Morgan fingerprint density at radius 1 is 1.00 bits per heavy atom. The number of carbonyl (C=O) groups excluding carboxylic acids is 2. The summed E-state index contributed by atoms with van der Waals surface area (Å²) in [4.78, 5) is 37.8. The van der Waals surface area contributed by atoms with Crippen LogP contribution in [0.3, 0.4) is 0 Å². The molecule has 0 unspecified atom stereocenters. The van der Waals surface area contributed by atoms with E-state index >= 15 is 0 Å². The van der Waals surface area contributed by atoms with E-state index in [0.29, 0.717) is 31.9 Å². The summed E-state index contributed by atoms with van der Waals surface area (Å²) in [5, 5.41) is 0. The van der Waals surface area contributed by atoms with Crippen molar-refractivity contribution in [3.63, 3.8) is 0 Å². The Bertz CT molecular complexity index is 850. The highest BCUT2D eigenvalue weighted by molar-refractivity contribution is 5.97. The third kappa shape index (κ3) is 4.04. The number of ether oxygens (including phenoxy) is 1. The molecule has 0 bridgehead atoms. The number of hydrogen-bond donors (Lipinski definition) is 0. The summed E-state index contributed by atoms with van der Waals surface area (Å²) >= 11 is 0. The van der Waals surface area contributed by atoms with Crippen LogP contribution >= 0.6 is 0 Å². The molecule has 28 heavy (non-hydrogen) atoms. The molecule has 1 aromatic carbocycles. The summed E-state index contributed by atoms with van der Waals surface area (Å²) < 4.78 is 5.43. The van der Waals surface area contributed by atoms with E-state index in [2.05, 4.69) is 14.9 Å². The average Bonchev–Trinajstić information content (AvgIpc) is 2.77. The van der Waals surface area contributed by atoms with Gasteiger partial charge in [0.25, 0.3) is 0 Å². The lowest BCUT2D eigenvalue weighted by Crippen LogP contribution is -2.40. The standard InChI is InChI=1S/C21H24N4O3/c26-19(16-4-2-1-3-5-16)6-7-20(27)25-9-8-17-18(14-25)22-15-23-21(17)24-10-12-28-13-11-24/h1-5,15H,6-14H2. The van der Waals surface area contributed by atoms with Gasteiger partial charge < -0.3 is 14.5 Å². The van der Waals surface area contributed by atoms with E-state index in [-0.39, 0.29) is 24.5 Å². The third-order valence-electron chi connectivity index (χ3n) is 5.31. The first-order valence-electron chi connectivity index (χ1n) is 9.74. The average molecular weight is 380 g/mol. The molecule has 0 radical (unpaired) electrons. The van der Waals surface area contributed by atoms with Gasteiger partial charge in [-0.15, -0.1) is 0 Å². The minimum absolute atomic E-state index is 0.00136. The molecule has 4 rings (SSSR count). The summed E-state index contributed by atoms with van der Waals surface area (Å²) in [6.07, 6.45) is 2.78. The van der Waals surface area contributed by atoms with Gasteiger partial charge in [0.2, 0.25) is 5.91 Å². The highest BCUT2D eigenvalue weighted by atomic mass is 16.5. The Labute approximate surface area is 164 Å². The van der Waals surface area contributed by atoms with Crippen LogP contribution in [0.5, 0.6) is 0 Å². The van der Waals surface area contributed by atoms with Gasteiger partial charge in [-0.3, -0.25) is 9.59 Å². The molecule has 0 saturated carbocycles. The number of fused-ring (bicyclic) bond motifs is 1. The monoisotopic (exact) mass is 380 g/mol. The van der Waals surface area contributed by atoms with Gasteiger partial charge >= 0.3 is 0 Å². The van der Waals surface area contributed by atoms with Crippen LogP contribution in [0.4, 0.5) is 5.82 Å². The van der Waals surface area contributed by atoms with Gasteiger partial charge in [0.05, 0.1) is 25.5 Å². The van der Waals surface area contributed by atoms with Gasteiger partial charge in [0.1, 0.15) is 12.1 Å². The van der Waals surface area contributed by atoms with E-state index in [0.717, 1.165) is 36.6 Å². The van der Waals surface area contributed by atoms with Crippen LogP contribution in [-0.4, -0.2) is 59.4 Å². The van der Waals surface area contributed by atoms with E-state index in [1.807, 2.05) is 18.2 Å². The van der Waals surface area contributed by atoms with Crippen molar-refractivity contribution in [2.24, 2.45) is 0 Å². The highest BCUT2D eigenvalue weighted by Gasteiger charge is 2.26. The maximum absolute atomic E-state index is 12.6. The number of benzene rings is 1. The molecule has 7 nitrogen and oxygen atoms in total. The maximum atomic E-state index is 12.6. The molecule has 1 aromatic heterocycles. The summed E-state index contributed by atoms with van der Waals surface area (Å²) in [5.74, 6) is 0.976. The number of carbonyl (C=O) groups is 2. The molecule has 2 aliphatic rings. The predicted molar refractivity (Wildman–Crippen MR) is 104 cm³/mol. The molecule has 0 N–H and O–H groups in total. The molecule has 1 fully saturated rings. The van der Waals surface area contributed by atoms with Crippen LogP contribution in [0.2, 0.25) is 0 Å². The Kier molecular flexibility index (Phi) is 5.62. The zero-order valence-corrected chi connectivity index (χ0v) is 15.8. The van der Waals surface area contributed by atoms with Gasteiger partial charge in [-0.05, 0) is 6.42 Å².